The summed E-state index contributed by atoms with van der Waals surface area (Å²) >= 11 is 0. The second kappa shape index (κ2) is 5.57. The number of anilines is 1. The topological polar surface area (TPSA) is 62.2 Å². The molecule has 2 aromatic rings. The summed E-state index contributed by atoms with van der Waals surface area (Å²) in [4.78, 5) is 28.5. The molecule has 2 fully saturated rings. The van der Waals surface area contributed by atoms with Gasteiger partial charge in [-0.05, 0) is 12.1 Å². The third kappa shape index (κ3) is 2.62. The molecule has 0 radical (unpaired) electrons. The van der Waals surface area contributed by atoms with Crippen molar-refractivity contribution in [3.63, 3.8) is 0 Å². The Morgan fingerprint density at radius 2 is 1.78 bits per heavy atom. The van der Waals surface area contributed by atoms with Crippen molar-refractivity contribution in [1.82, 2.24) is 19.9 Å². The molecule has 0 bridgehead atoms. The van der Waals surface area contributed by atoms with Gasteiger partial charge in [0.05, 0.1) is 18.0 Å². The summed E-state index contributed by atoms with van der Waals surface area (Å²) in [6.07, 6.45) is 5.65. The summed E-state index contributed by atoms with van der Waals surface area (Å²) in [6.45, 7) is 3.06. The Bertz CT molecular complexity index is 694. The maximum absolute atomic E-state index is 12.9. The fourth-order valence-corrected chi connectivity index (χ4v) is 3.46. The van der Waals surface area contributed by atoms with Crippen LogP contribution in [-0.2, 0) is 0 Å². The van der Waals surface area contributed by atoms with E-state index < -0.39 is 5.82 Å². The van der Waals surface area contributed by atoms with Gasteiger partial charge < -0.3 is 9.80 Å². The highest BCUT2D eigenvalue weighted by molar-refractivity contribution is 5.94. The van der Waals surface area contributed by atoms with Gasteiger partial charge in [0, 0.05) is 50.4 Å². The Hall–Kier alpha value is -2.57. The van der Waals surface area contributed by atoms with E-state index in [1.807, 2.05) is 4.90 Å². The number of halogens is 1. The standard InChI is InChI=1S/C16H16FN5O/c17-14-5-19-16(20-6-14)22-9-12-7-21(8-13(12)10-22)15(23)11-2-1-3-18-4-11/h1-6,12-13H,7-10H2/t12-,13+. The van der Waals surface area contributed by atoms with Crippen molar-refractivity contribution in [3.8, 4) is 0 Å². The van der Waals surface area contributed by atoms with Gasteiger partial charge in [0.2, 0.25) is 5.95 Å². The molecule has 2 aliphatic heterocycles. The van der Waals surface area contributed by atoms with Crippen LogP contribution in [0.2, 0.25) is 0 Å². The number of nitrogens with zero attached hydrogens (tertiary/aromatic N) is 5. The Labute approximate surface area is 133 Å². The van der Waals surface area contributed by atoms with Gasteiger partial charge in [-0.1, -0.05) is 0 Å². The molecular weight excluding hydrogens is 297 g/mol. The van der Waals surface area contributed by atoms with Crippen molar-refractivity contribution < 1.29 is 9.18 Å². The quantitative estimate of drug-likeness (QED) is 0.834. The van der Waals surface area contributed by atoms with Crippen molar-refractivity contribution in [3.05, 3.63) is 48.3 Å². The lowest BCUT2D eigenvalue weighted by Crippen LogP contribution is -2.33. The molecule has 0 aliphatic carbocycles. The molecule has 0 spiro atoms. The van der Waals surface area contributed by atoms with Gasteiger partial charge in [-0.2, -0.15) is 0 Å². The van der Waals surface area contributed by atoms with Crippen LogP contribution in [0.3, 0.4) is 0 Å². The van der Waals surface area contributed by atoms with Gasteiger partial charge >= 0.3 is 0 Å². The Morgan fingerprint density at radius 1 is 1.09 bits per heavy atom. The highest BCUT2D eigenvalue weighted by atomic mass is 19.1. The molecule has 6 nitrogen and oxygen atoms in total. The molecule has 2 aliphatic rings. The smallest absolute Gasteiger partial charge is 0.255 e. The average Bonchev–Trinajstić information content (AvgIpc) is 3.14. The summed E-state index contributed by atoms with van der Waals surface area (Å²) < 4.78 is 12.9. The minimum absolute atomic E-state index is 0.0390. The summed E-state index contributed by atoms with van der Waals surface area (Å²) in [5.41, 5.74) is 0.631. The van der Waals surface area contributed by atoms with Crippen LogP contribution < -0.4 is 4.90 Å². The van der Waals surface area contributed by atoms with E-state index in [2.05, 4.69) is 19.9 Å². The van der Waals surface area contributed by atoms with E-state index in [9.17, 15) is 9.18 Å². The van der Waals surface area contributed by atoms with Gasteiger partial charge in [0.15, 0.2) is 5.82 Å². The largest absolute Gasteiger partial charge is 0.340 e. The molecule has 4 heterocycles. The summed E-state index contributed by atoms with van der Waals surface area (Å²) in [7, 11) is 0. The number of rotatable bonds is 2. The van der Waals surface area contributed by atoms with Crippen LogP contribution in [0.25, 0.3) is 0 Å². The molecule has 23 heavy (non-hydrogen) atoms. The minimum atomic E-state index is -0.429. The summed E-state index contributed by atoms with van der Waals surface area (Å²) in [6, 6.07) is 3.57. The molecule has 0 N–H and O–H groups in total. The van der Waals surface area contributed by atoms with E-state index in [1.165, 1.54) is 12.4 Å². The maximum atomic E-state index is 12.9. The number of amides is 1. The van der Waals surface area contributed by atoms with Crippen molar-refractivity contribution in [1.29, 1.82) is 0 Å². The first-order chi connectivity index (χ1) is 11.2. The molecule has 118 valence electrons. The Balaban J connectivity index is 1.42. The van der Waals surface area contributed by atoms with Crippen molar-refractivity contribution in [2.45, 2.75) is 0 Å². The number of likely N-dealkylation sites (tertiary alicyclic amines) is 1. The highest BCUT2D eigenvalue weighted by Gasteiger charge is 2.42. The zero-order valence-corrected chi connectivity index (χ0v) is 12.5. The normalized spacial score (nSPS) is 23.2. The van der Waals surface area contributed by atoms with E-state index in [0.717, 1.165) is 26.2 Å². The lowest BCUT2D eigenvalue weighted by atomic mass is 10.0. The van der Waals surface area contributed by atoms with Crippen molar-refractivity contribution >= 4 is 11.9 Å². The van der Waals surface area contributed by atoms with Gasteiger partial charge in [-0.3, -0.25) is 9.78 Å². The van der Waals surface area contributed by atoms with Crippen molar-refractivity contribution in [2.75, 3.05) is 31.1 Å². The van der Waals surface area contributed by atoms with Crippen LogP contribution in [0, 0.1) is 17.7 Å². The van der Waals surface area contributed by atoms with Gasteiger partial charge in [-0.15, -0.1) is 0 Å². The Kier molecular flexibility index (Phi) is 3.40. The number of hydrogen-bond acceptors (Lipinski definition) is 5. The second-order valence-electron chi connectivity index (χ2n) is 6.08. The molecule has 2 atom stereocenters. The number of aromatic nitrogens is 3. The third-order valence-electron chi connectivity index (χ3n) is 4.57. The lowest BCUT2D eigenvalue weighted by Gasteiger charge is -2.21. The van der Waals surface area contributed by atoms with E-state index in [1.54, 1.807) is 24.5 Å². The van der Waals surface area contributed by atoms with Crippen LogP contribution in [0.5, 0.6) is 0 Å². The minimum Gasteiger partial charge on any atom is -0.340 e. The van der Waals surface area contributed by atoms with Gasteiger partial charge in [-0.25, -0.2) is 14.4 Å². The van der Waals surface area contributed by atoms with E-state index in [0.29, 0.717) is 23.3 Å². The van der Waals surface area contributed by atoms with Crippen LogP contribution in [0.15, 0.2) is 36.9 Å². The molecule has 2 aromatic heterocycles. The van der Waals surface area contributed by atoms with Crippen molar-refractivity contribution in [2.24, 2.45) is 11.8 Å². The zero-order valence-electron chi connectivity index (χ0n) is 12.5. The SMILES string of the molecule is O=C(c1cccnc1)N1C[C@@H]2CN(c3ncc(F)cn3)C[C@@H]2C1. The van der Waals surface area contributed by atoms with Crippen LogP contribution in [0.1, 0.15) is 10.4 Å². The van der Waals surface area contributed by atoms with Crippen LogP contribution >= 0.6 is 0 Å². The number of hydrogen-bond donors (Lipinski definition) is 0. The first-order valence-electron chi connectivity index (χ1n) is 7.62. The molecule has 0 unspecified atom stereocenters. The molecule has 7 heteroatoms. The molecular formula is C16H16FN5O. The molecule has 0 saturated carbocycles. The molecule has 0 aromatic carbocycles. The summed E-state index contributed by atoms with van der Waals surface area (Å²) in [5.74, 6) is 0.984. The van der Waals surface area contributed by atoms with E-state index in [4.69, 9.17) is 0 Å². The van der Waals surface area contributed by atoms with Gasteiger partial charge in [0.1, 0.15) is 0 Å². The lowest BCUT2D eigenvalue weighted by molar-refractivity contribution is 0.0782. The van der Waals surface area contributed by atoms with E-state index >= 15 is 0 Å². The molecule has 2 saturated heterocycles. The highest BCUT2D eigenvalue weighted by Crippen LogP contribution is 2.33. The molecule has 1 amide bonds. The predicted molar refractivity (Wildman–Crippen MR) is 81.3 cm³/mol. The molecule has 4 rings (SSSR count). The number of carbonyl (C=O) groups excluding carboxylic acids is 1. The number of fused-ring (bicyclic) bond motifs is 1. The van der Waals surface area contributed by atoms with E-state index in [-0.39, 0.29) is 5.91 Å². The first-order valence-corrected chi connectivity index (χ1v) is 7.62. The van der Waals surface area contributed by atoms with Crippen LogP contribution in [-0.4, -0.2) is 51.9 Å². The second-order valence-corrected chi connectivity index (χ2v) is 6.08. The maximum Gasteiger partial charge on any atom is 0.255 e. The third-order valence-corrected chi connectivity index (χ3v) is 4.57. The fourth-order valence-electron chi connectivity index (χ4n) is 3.46. The summed E-state index contributed by atoms with van der Waals surface area (Å²) in [5, 5.41) is 0. The number of pyridine rings is 1. The predicted octanol–water partition coefficient (Wildman–Crippen LogP) is 1.22. The fraction of sp³-hybridized carbons (Fsp3) is 0.375. The zero-order chi connectivity index (χ0) is 15.8. The Morgan fingerprint density at radius 3 is 2.39 bits per heavy atom. The monoisotopic (exact) mass is 313 g/mol. The average molecular weight is 313 g/mol. The number of carbonyl (C=O) groups is 1. The van der Waals surface area contributed by atoms with Crippen LogP contribution in [0.4, 0.5) is 10.3 Å². The first kappa shape index (κ1) is 14.0. The van der Waals surface area contributed by atoms with Gasteiger partial charge in [0.25, 0.3) is 5.91 Å².